The first-order valence-electron chi connectivity index (χ1n) is 5.08. The summed E-state index contributed by atoms with van der Waals surface area (Å²) in [6, 6.07) is 0. The summed E-state index contributed by atoms with van der Waals surface area (Å²) in [4.78, 5) is 0. The van der Waals surface area contributed by atoms with Gasteiger partial charge < -0.3 is 4.74 Å². The Hall–Kier alpha value is -0.0400. The van der Waals surface area contributed by atoms with Crippen LogP contribution in [0.4, 0.5) is 0 Å². The van der Waals surface area contributed by atoms with E-state index >= 15 is 0 Å². The molecule has 1 fully saturated rings. The van der Waals surface area contributed by atoms with Crippen molar-refractivity contribution < 1.29 is 4.74 Å². The van der Waals surface area contributed by atoms with Gasteiger partial charge in [-0.15, -0.1) is 0 Å². The topological polar surface area (TPSA) is 9.23 Å². The van der Waals surface area contributed by atoms with Crippen LogP contribution in [0.15, 0.2) is 0 Å². The molecular weight excluding hydrogens is 148 g/mol. The largest absolute Gasteiger partial charge is 0.384 e. The SMILES string of the molecule is COCC1C(C)C(C)C(C)C1C. The molecule has 4 unspecified atom stereocenters. The maximum absolute atomic E-state index is 5.26. The molecule has 0 radical (unpaired) electrons. The lowest BCUT2D eigenvalue weighted by Gasteiger charge is -2.19. The van der Waals surface area contributed by atoms with Crippen molar-refractivity contribution in [3.05, 3.63) is 0 Å². The van der Waals surface area contributed by atoms with Gasteiger partial charge in [0.1, 0.15) is 0 Å². The predicted molar refractivity (Wildman–Crippen MR) is 52.0 cm³/mol. The van der Waals surface area contributed by atoms with E-state index in [1.807, 2.05) is 7.11 Å². The molecule has 1 aliphatic rings. The van der Waals surface area contributed by atoms with Gasteiger partial charge in [0.25, 0.3) is 0 Å². The van der Waals surface area contributed by atoms with Crippen LogP contribution in [-0.4, -0.2) is 13.7 Å². The first-order valence-corrected chi connectivity index (χ1v) is 5.08. The summed E-state index contributed by atoms with van der Waals surface area (Å²) in [5.41, 5.74) is 0. The maximum atomic E-state index is 5.26. The lowest BCUT2D eigenvalue weighted by Crippen LogP contribution is -2.18. The molecule has 1 aliphatic carbocycles. The standard InChI is InChI=1S/C11H22O/c1-7-8(2)10(4)11(6-12-5)9(7)3/h7-11H,6H2,1-5H3. The molecule has 0 spiro atoms. The summed E-state index contributed by atoms with van der Waals surface area (Å²) in [6.45, 7) is 10.4. The van der Waals surface area contributed by atoms with Crippen LogP contribution in [0.1, 0.15) is 27.7 Å². The molecule has 0 aromatic carbocycles. The van der Waals surface area contributed by atoms with Crippen molar-refractivity contribution in [1.29, 1.82) is 0 Å². The second-order valence-corrected chi connectivity index (χ2v) is 4.56. The quantitative estimate of drug-likeness (QED) is 0.619. The minimum absolute atomic E-state index is 0.778. The number of methoxy groups -OCH3 is 1. The van der Waals surface area contributed by atoms with E-state index in [0.29, 0.717) is 0 Å². The van der Waals surface area contributed by atoms with Crippen molar-refractivity contribution in [3.63, 3.8) is 0 Å². The van der Waals surface area contributed by atoms with Gasteiger partial charge in [-0.1, -0.05) is 27.7 Å². The molecule has 1 heteroatoms. The minimum atomic E-state index is 0.778. The van der Waals surface area contributed by atoms with Crippen LogP contribution >= 0.6 is 0 Å². The van der Waals surface area contributed by atoms with E-state index in [4.69, 9.17) is 4.74 Å². The molecule has 0 heterocycles. The van der Waals surface area contributed by atoms with Crippen molar-refractivity contribution in [2.75, 3.05) is 13.7 Å². The van der Waals surface area contributed by atoms with Crippen LogP contribution in [0, 0.1) is 29.6 Å². The van der Waals surface area contributed by atoms with E-state index in [-0.39, 0.29) is 0 Å². The Kier molecular flexibility index (Phi) is 3.16. The normalized spacial score (nSPS) is 48.2. The lowest BCUT2D eigenvalue weighted by atomic mass is 9.90. The zero-order valence-electron chi connectivity index (χ0n) is 9.00. The van der Waals surface area contributed by atoms with Crippen LogP contribution in [0.2, 0.25) is 0 Å². The zero-order chi connectivity index (χ0) is 9.30. The van der Waals surface area contributed by atoms with E-state index in [0.717, 1.165) is 36.2 Å². The van der Waals surface area contributed by atoms with Crippen molar-refractivity contribution in [1.82, 2.24) is 0 Å². The second-order valence-electron chi connectivity index (χ2n) is 4.56. The molecule has 0 amide bonds. The molecule has 0 bridgehead atoms. The van der Waals surface area contributed by atoms with Gasteiger partial charge in [-0.25, -0.2) is 0 Å². The lowest BCUT2D eigenvalue weighted by molar-refractivity contribution is 0.112. The highest BCUT2D eigenvalue weighted by molar-refractivity contribution is 4.89. The fourth-order valence-electron chi connectivity index (χ4n) is 2.71. The Morgan fingerprint density at radius 3 is 1.58 bits per heavy atom. The third-order valence-corrected chi connectivity index (χ3v) is 4.20. The van der Waals surface area contributed by atoms with E-state index in [1.165, 1.54) is 0 Å². The summed E-state index contributed by atoms with van der Waals surface area (Å²) >= 11 is 0. The molecular formula is C11H22O. The van der Waals surface area contributed by atoms with E-state index < -0.39 is 0 Å². The second kappa shape index (κ2) is 3.78. The van der Waals surface area contributed by atoms with Crippen molar-refractivity contribution >= 4 is 0 Å². The molecule has 1 saturated carbocycles. The van der Waals surface area contributed by atoms with Crippen LogP contribution in [0.3, 0.4) is 0 Å². The Labute approximate surface area is 76.5 Å². The highest BCUT2D eigenvalue weighted by Crippen LogP contribution is 2.45. The average molecular weight is 170 g/mol. The van der Waals surface area contributed by atoms with Gasteiger partial charge in [0.05, 0.1) is 0 Å². The number of ether oxygens (including phenoxy) is 1. The first kappa shape index (κ1) is 10.0. The van der Waals surface area contributed by atoms with Crippen LogP contribution in [0.25, 0.3) is 0 Å². The summed E-state index contributed by atoms with van der Waals surface area (Å²) < 4.78 is 5.26. The van der Waals surface area contributed by atoms with Gasteiger partial charge in [-0.2, -0.15) is 0 Å². The van der Waals surface area contributed by atoms with Crippen molar-refractivity contribution in [2.45, 2.75) is 27.7 Å². The monoisotopic (exact) mass is 170 g/mol. The Bertz CT molecular complexity index is 130. The molecule has 1 nitrogen and oxygen atoms in total. The predicted octanol–water partition coefficient (Wildman–Crippen LogP) is 2.81. The molecule has 0 aromatic rings. The molecule has 0 aliphatic heterocycles. The smallest absolute Gasteiger partial charge is 0.0495 e. The average Bonchev–Trinajstić information content (AvgIpc) is 2.23. The van der Waals surface area contributed by atoms with Crippen LogP contribution in [0.5, 0.6) is 0 Å². The van der Waals surface area contributed by atoms with E-state index in [1.54, 1.807) is 0 Å². The third kappa shape index (κ3) is 1.52. The van der Waals surface area contributed by atoms with E-state index in [2.05, 4.69) is 27.7 Å². The number of hydrogen-bond acceptors (Lipinski definition) is 1. The molecule has 0 aromatic heterocycles. The number of hydrogen-bond donors (Lipinski definition) is 0. The van der Waals surface area contributed by atoms with Crippen molar-refractivity contribution in [2.24, 2.45) is 29.6 Å². The molecule has 1 rings (SSSR count). The van der Waals surface area contributed by atoms with Gasteiger partial charge >= 0.3 is 0 Å². The summed E-state index contributed by atoms with van der Waals surface area (Å²) in [7, 11) is 1.81. The fourth-order valence-corrected chi connectivity index (χ4v) is 2.71. The van der Waals surface area contributed by atoms with Gasteiger partial charge in [-0.3, -0.25) is 0 Å². The molecule has 4 atom stereocenters. The summed E-state index contributed by atoms with van der Waals surface area (Å²) in [6.07, 6.45) is 0. The van der Waals surface area contributed by atoms with Gasteiger partial charge in [0.15, 0.2) is 0 Å². The van der Waals surface area contributed by atoms with Crippen LogP contribution in [-0.2, 0) is 4.74 Å². The molecule has 0 N–H and O–H groups in total. The first-order chi connectivity index (χ1) is 5.59. The summed E-state index contributed by atoms with van der Waals surface area (Å²) in [5.74, 6) is 4.16. The zero-order valence-corrected chi connectivity index (χ0v) is 9.00. The van der Waals surface area contributed by atoms with Crippen LogP contribution < -0.4 is 0 Å². The highest BCUT2D eigenvalue weighted by atomic mass is 16.5. The molecule has 12 heavy (non-hydrogen) atoms. The minimum Gasteiger partial charge on any atom is -0.384 e. The molecule has 0 saturated heterocycles. The maximum Gasteiger partial charge on any atom is 0.0495 e. The van der Waals surface area contributed by atoms with Gasteiger partial charge in [0, 0.05) is 13.7 Å². The van der Waals surface area contributed by atoms with E-state index in [9.17, 15) is 0 Å². The fraction of sp³-hybridized carbons (Fsp3) is 1.00. The Balaban J connectivity index is 2.62. The van der Waals surface area contributed by atoms with Gasteiger partial charge in [0.2, 0.25) is 0 Å². The molecule has 72 valence electrons. The number of rotatable bonds is 2. The highest BCUT2D eigenvalue weighted by Gasteiger charge is 2.40. The summed E-state index contributed by atoms with van der Waals surface area (Å²) in [5, 5.41) is 0. The van der Waals surface area contributed by atoms with Gasteiger partial charge in [-0.05, 0) is 29.6 Å². The van der Waals surface area contributed by atoms with Crippen molar-refractivity contribution in [3.8, 4) is 0 Å². The Morgan fingerprint density at radius 1 is 0.833 bits per heavy atom. The third-order valence-electron chi connectivity index (χ3n) is 4.20. The Morgan fingerprint density at radius 2 is 1.25 bits per heavy atom.